The van der Waals surface area contributed by atoms with Crippen molar-refractivity contribution in [3.8, 4) is 28.7 Å². The minimum atomic E-state index is -0.551. The highest BCUT2D eigenvalue weighted by atomic mass is 16.6. The number of esters is 1. The lowest BCUT2D eigenvalue weighted by Crippen LogP contribution is -2.05. The Morgan fingerprint density at radius 3 is 2.20 bits per heavy atom. The van der Waals surface area contributed by atoms with Crippen LogP contribution in [0, 0.1) is 0 Å². The Kier molecular flexibility index (Phi) is 6.28. The number of hydrogen-bond acceptors (Lipinski definition) is 6. The molecule has 0 aromatic heterocycles. The van der Waals surface area contributed by atoms with Gasteiger partial charge in [0.25, 0.3) is 0 Å². The van der Waals surface area contributed by atoms with E-state index in [4.69, 9.17) is 23.7 Å². The van der Waals surface area contributed by atoms with Crippen LogP contribution in [0.5, 0.6) is 28.7 Å². The molecule has 2 aromatic rings. The van der Waals surface area contributed by atoms with Gasteiger partial charge in [0.2, 0.25) is 5.75 Å². The molecule has 132 valence electrons. The number of carbonyl (C=O) groups excluding carboxylic acids is 1. The Bertz CT molecular complexity index is 767. The zero-order valence-corrected chi connectivity index (χ0v) is 14.6. The van der Waals surface area contributed by atoms with Crippen molar-refractivity contribution < 1.29 is 28.5 Å². The lowest BCUT2D eigenvalue weighted by Gasteiger charge is -2.11. The average molecular weight is 344 g/mol. The summed E-state index contributed by atoms with van der Waals surface area (Å²) in [5.74, 6) is 1.81. The van der Waals surface area contributed by atoms with Gasteiger partial charge in [0.15, 0.2) is 11.5 Å². The van der Waals surface area contributed by atoms with E-state index in [-0.39, 0.29) is 5.75 Å². The Morgan fingerprint density at radius 1 is 0.840 bits per heavy atom. The topological polar surface area (TPSA) is 63.2 Å². The number of rotatable bonds is 7. The van der Waals surface area contributed by atoms with Crippen molar-refractivity contribution in [3.05, 3.63) is 48.0 Å². The van der Waals surface area contributed by atoms with E-state index in [0.29, 0.717) is 23.0 Å². The molecule has 0 amide bonds. The van der Waals surface area contributed by atoms with Crippen LogP contribution in [-0.4, -0.2) is 34.4 Å². The van der Waals surface area contributed by atoms with Crippen molar-refractivity contribution in [3.63, 3.8) is 0 Å². The number of ether oxygens (including phenoxy) is 5. The van der Waals surface area contributed by atoms with Crippen LogP contribution < -0.4 is 23.7 Å². The summed E-state index contributed by atoms with van der Waals surface area (Å²) in [6, 6.07) is 10.3. The summed E-state index contributed by atoms with van der Waals surface area (Å²) < 4.78 is 26.2. The molecule has 0 fully saturated rings. The Balaban J connectivity index is 2.17. The summed E-state index contributed by atoms with van der Waals surface area (Å²) in [5.41, 5.74) is 0.720. The van der Waals surface area contributed by atoms with Crippen LogP contribution in [0.4, 0.5) is 0 Å². The molecule has 6 heteroatoms. The van der Waals surface area contributed by atoms with Crippen LogP contribution in [0.15, 0.2) is 42.5 Å². The predicted molar refractivity (Wildman–Crippen MR) is 93.8 cm³/mol. The van der Waals surface area contributed by atoms with Gasteiger partial charge >= 0.3 is 5.97 Å². The second-order valence-electron chi connectivity index (χ2n) is 4.85. The minimum absolute atomic E-state index is 0.276. The standard InChI is InChI=1S/C19H20O6/c1-21-14-10-8-13(17(12-14)23-3)9-11-18(20)25-16-7-5-6-15(22-2)19(16)24-4/h5-12H,1-4H3. The van der Waals surface area contributed by atoms with Gasteiger partial charge < -0.3 is 23.7 Å². The molecule has 25 heavy (non-hydrogen) atoms. The fourth-order valence-electron chi connectivity index (χ4n) is 2.19. The quantitative estimate of drug-likeness (QED) is 0.436. The van der Waals surface area contributed by atoms with Crippen LogP contribution in [-0.2, 0) is 4.79 Å². The number of carbonyl (C=O) groups is 1. The third-order valence-corrected chi connectivity index (χ3v) is 3.42. The van der Waals surface area contributed by atoms with Gasteiger partial charge in [-0.2, -0.15) is 0 Å². The van der Waals surface area contributed by atoms with E-state index in [2.05, 4.69) is 0 Å². The van der Waals surface area contributed by atoms with Gasteiger partial charge in [-0.15, -0.1) is 0 Å². The Labute approximate surface area is 146 Å². The van der Waals surface area contributed by atoms with Gasteiger partial charge in [0.1, 0.15) is 11.5 Å². The summed E-state index contributed by atoms with van der Waals surface area (Å²) in [7, 11) is 6.11. The maximum absolute atomic E-state index is 12.1. The lowest BCUT2D eigenvalue weighted by atomic mass is 10.1. The zero-order valence-electron chi connectivity index (χ0n) is 14.6. The molecule has 6 nitrogen and oxygen atoms in total. The van der Waals surface area contributed by atoms with Crippen LogP contribution >= 0.6 is 0 Å². The van der Waals surface area contributed by atoms with Gasteiger partial charge in [0.05, 0.1) is 28.4 Å². The fourth-order valence-corrected chi connectivity index (χ4v) is 2.19. The van der Waals surface area contributed by atoms with Crippen molar-refractivity contribution in [1.82, 2.24) is 0 Å². The van der Waals surface area contributed by atoms with E-state index in [1.54, 1.807) is 56.7 Å². The molecule has 0 saturated heterocycles. The van der Waals surface area contributed by atoms with Crippen molar-refractivity contribution in [2.75, 3.05) is 28.4 Å². The van der Waals surface area contributed by atoms with Crippen molar-refractivity contribution in [2.45, 2.75) is 0 Å². The highest BCUT2D eigenvalue weighted by Crippen LogP contribution is 2.36. The number of hydrogen-bond donors (Lipinski definition) is 0. The molecule has 0 aliphatic rings. The summed E-state index contributed by atoms with van der Waals surface area (Å²) >= 11 is 0. The van der Waals surface area contributed by atoms with Gasteiger partial charge in [-0.1, -0.05) is 6.07 Å². The molecule has 0 atom stereocenters. The first-order chi connectivity index (χ1) is 12.1. The van der Waals surface area contributed by atoms with E-state index in [0.717, 1.165) is 5.56 Å². The van der Waals surface area contributed by atoms with Gasteiger partial charge in [-0.3, -0.25) is 0 Å². The molecule has 0 spiro atoms. The SMILES string of the molecule is COc1ccc(C=CC(=O)Oc2cccc(OC)c2OC)c(OC)c1. The van der Waals surface area contributed by atoms with E-state index in [1.165, 1.54) is 20.3 Å². The largest absolute Gasteiger partial charge is 0.497 e. The summed E-state index contributed by atoms with van der Waals surface area (Å²) in [6.45, 7) is 0. The highest BCUT2D eigenvalue weighted by Gasteiger charge is 2.13. The molecular formula is C19H20O6. The first-order valence-electron chi connectivity index (χ1n) is 7.45. The lowest BCUT2D eigenvalue weighted by molar-refractivity contribution is -0.129. The van der Waals surface area contributed by atoms with E-state index in [1.807, 2.05) is 0 Å². The molecule has 0 aliphatic carbocycles. The monoisotopic (exact) mass is 344 g/mol. The first-order valence-corrected chi connectivity index (χ1v) is 7.45. The number of benzene rings is 2. The normalized spacial score (nSPS) is 10.4. The van der Waals surface area contributed by atoms with Gasteiger partial charge in [-0.05, 0) is 30.3 Å². The second-order valence-corrected chi connectivity index (χ2v) is 4.85. The highest BCUT2D eigenvalue weighted by molar-refractivity contribution is 5.89. The Hall–Kier alpha value is -3.15. The minimum Gasteiger partial charge on any atom is -0.497 e. The molecule has 2 aromatic carbocycles. The molecule has 0 aliphatic heterocycles. The summed E-state index contributed by atoms with van der Waals surface area (Å²) in [6.07, 6.45) is 2.91. The third kappa shape index (κ3) is 4.44. The molecule has 0 bridgehead atoms. The van der Waals surface area contributed by atoms with Crippen LogP contribution in [0.1, 0.15) is 5.56 Å². The molecule has 0 N–H and O–H groups in total. The zero-order chi connectivity index (χ0) is 18.2. The third-order valence-electron chi connectivity index (χ3n) is 3.42. The van der Waals surface area contributed by atoms with E-state index >= 15 is 0 Å². The number of methoxy groups -OCH3 is 4. The molecule has 0 radical (unpaired) electrons. The van der Waals surface area contributed by atoms with Gasteiger partial charge in [0, 0.05) is 17.7 Å². The smallest absolute Gasteiger partial charge is 0.336 e. The first kappa shape index (κ1) is 18.2. The second kappa shape index (κ2) is 8.63. The summed E-state index contributed by atoms with van der Waals surface area (Å²) in [5, 5.41) is 0. The maximum atomic E-state index is 12.1. The number of para-hydroxylation sites is 1. The summed E-state index contributed by atoms with van der Waals surface area (Å²) in [4.78, 5) is 12.1. The molecule has 0 unspecified atom stereocenters. The molecular weight excluding hydrogens is 324 g/mol. The fraction of sp³-hybridized carbons (Fsp3) is 0.211. The molecule has 0 heterocycles. The van der Waals surface area contributed by atoms with E-state index in [9.17, 15) is 4.79 Å². The molecule has 0 saturated carbocycles. The van der Waals surface area contributed by atoms with Crippen LogP contribution in [0.25, 0.3) is 6.08 Å². The average Bonchev–Trinajstić information content (AvgIpc) is 2.65. The van der Waals surface area contributed by atoms with Crippen molar-refractivity contribution >= 4 is 12.0 Å². The van der Waals surface area contributed by atoms with Crippen LogP contribution in [0.3, 0.4) is 0 Å². The van der Waals surface area contributed by atoms with Crippen molar-refractivity contribution in [1.29, 1.82) is 0 Å². The molecule has 2 rings (SSSR count). The Morgan fingerprint density at radius 2 is 1.56 bits per heavy atom. The van der Waals surface area contributed by atoms with Crippen LogP contribution in [0.2, 0.25) is 0 Å². The van der Waals surface area contributed by atoms with E-state index < -0.39 is 5.97 Å². The van der Waals surface area contributed by atoms with Crippen molar-refractivity contribution in [2.24, 2.45) is 0 Å². The van der Waals surface area contributed by atoms with Gasteiger partial charge in [-0.25, -0.2) is 4.79 Å². The maximum Gasteiger partial charge on any atom is 0.336 e. The predicted octanol–water partition coefficient (Wildman–Crippen LogP) is 3.34.